The Morgan fingerprint density at radius 2 is 2.09 bits per heavy atom. The summed E-state index contributed by atoms with van der Waals surface area (Å²) >= 11 is 0. The van der Waals surface area contributed by atoms with E-state index in [2.05, 4.69) is 16.8 Å². The van der Waals surface area contributed by atoms with Gasteiger partial charge in [-0.3, -0.25) is 9.69 Å². The molecule has 2 aliphatic rings. The van der Waals surface area contributed by atoms with E-state index in [0.717, 1.165) is 19.6 Å². The van der Waals surface area contributed by atoms with E-state index < -0.39 is 0 Å². The summed E-state index contributed by atoms with van der Waals surface area (Å²) in [7, 11) is 1.58. The third-order valence-corrected chi connectivity index (χ3v) is 5.64. The fourth-order valence-electron chi connectivity index (χ4n) is 3.83. The predicted octanol–water partition coefficient (Wildman–Crippen LogP) is 1.07. The van der Waals surface area contributed by atoms with E-state index in [4.69, 9.17) is 14.2 Å². The molecule has 9 nitrogen and oxygen atoms in total. The van der Waals surface area contributed by atoms with Crippen molar-refractivity contribution in [1.82, 2.24) is 20.0 Å². The van der Waals surface area contributed by atoms with Crippen LogP contribution >= 0.6 is 0 Å². The summed E-state index contributed by atoms with van der Waals surface area (Å²) in [5, 5.41) is 2.81. The maximum absolute atomic E-state index is 13.4. The quantitative estimate of drug-likeness (QED) is 0.572. The Kier molecular flexibility index (Phi) is 9.33. The van der Waals surface area contributed by atoms with Crippen molar-refractivity contribution in [3.63, 3.8) is 0 Å². The lowest BCUT2D eigenvalue weighted by Gasteiger charge is -2.36. The molecule has 2 heterocycles. The minimum atomic E-state index is -0.252. The molecule has 2 saturated heterocycles. The summed E-state index contributed by atoms with van der Waals surface area (Å²) in [6, 6.07) is 7.04. The van der Waals surface area contributed by atoms with E-state index in [1.54, 1.807) is 30.2 Å². The highest BCUT2D eigenvalue weighted by Gasteiger charge is 2.28. The number of benzene rings is 1. The maximum atomic E-state index is 13.4. The van der Waals surface area contributed by atoms with Crippen LogP contribution in [0.3, 0.4) is 0 Å². The number of morpholine rings is 2. The van der Waals surface area contributed by atoms with Crippen molar-refractivity contribution in [2.24, 2.45) is 0 Å². The van der Waals surface area contributed by atoms with Gasteiger partial charge in [-0.05, 0) is 18.2 Å². The van der Waals surface area contributed by atoms with Crippen LogP contribution in [0.2, 0.25) is 0 Å². The summed E-state index contributed by atoms with van der Waals surface area (Å²) in [6.07, 6.45) is 1.40. The number of amides is 3. The number of methoxy groups -OCH3 is 1. The molecule has 0 spiro atoms. The van der Waals surface area contributed by atoms with Gasteiger partial charge in [-0.1, -0.05) is 12.1 Å². The summed E-state index contributed by atoms with van der Waals surface area (Å²) in [5.74, 6) is 0.567. The second kappa shape index (κ2) is 12.4. The van der Waals surface area contributed by atoms with Gasteiger partial charge in [-0.15, -0.1) is 6.58 Å². The first-order chi connectivity index (χ1) is 15.6. The van der Waals surface area contributed by atoms with E-state index >= 15 is 0 Å². The van der Waals surface area contributed by atoms with Crippen LogP contribution in [0.15, 0.2) is 36.9 Å². The molecule has 2 aliphatic heterocycles. The number of carbonyl (C=O) groups is 2. The molecule has 0 bridgehead atoms. The van der Waals surface area contributed by atoms with Gasteiger partial charge in [0.25, 0.3) is 5.91 Å². The Labute approximate surface area is 189 Å². The molecule has 1 aromatic rings. The fraction of sp³-hybridized carbons (Fsp3) is 0.565. The molecular formula is C23H34N4O5. The van der Waals surface area contributed by atoms with Gasteiger partial charge in [0.1, 0.15) is 5.75 Å². The summed E-state index contributed by atoms with van der Waals surface area (Å²) in [4.78, 5) is 31.6. The Hall–Kier alpha value is -2.62. The second-order valence-corrected chi connectivity index (χ2v) is 7.85. The number of rotatable bonds is 9. The first-order valence-electron chi connectivity index (χ1n) is 11.1. The molecule has 0 radical (unpaired) electrons. The summed E-state index contributed by atoms with van der Waals surface area (Å²) in [5.41, 5.74) is 0.572. The van der Waals surface area contributed by atoms with Gasteiger partial charge in [0.05, 0.1) is 39.6 Å². The molecule has 0 aliphatic carbocycles. The average Bonchev–Trinajstić information content (AvgIpc) is 2.85. The molecule has 3 amide bonds. The van der Waals surface area contributed by atoms with Crippen molar-refractivity contribution >= 4 is 11.9 Å². The molecule has 1 unspecified atom stereocenters. The maximum Gasteiger partial charge on any atom is 0.317 e. The number of nitrogens with zero attached hydrogens (tertiary/aromatic N) is 3. The average molecular weight is 447 g/mol. The van der Waals surface area contributed by atoms with Crippen molar-refractivity contribution in [3.8, 4) is 5.75 Å². The van der Waals surface area contributed by atoms with Gasteiger partial charge >= 0.3 is 6.03 Å². The van der Waals surface area contributed by atoms with Crippen molar-refractivity contribution < 1.29 is 23.8 Å². The fourth-order valence-corrected chi connectivity index (χ4v) is 3.83. The van der Waals surface area contributed by atoms with Gasteiger partial charge < -0.3 is 29.3 Å². The number of nitrogens with one attached hydrogen (secondary N) is 1. The Morgan fingerprint density at radius 3 is 2.84 bits per heavy atom. The van der Waals surface area contributed by atoms with Crippen molar-refractivity contribution in [2.45, 2.75) is 6.10 Å². The molecule has 1 N–H and O–H groups in total. The molecule has 3 rings (SSSR count). The highest BCUT2D eigenvalue weighted by molar-refractivity contribution is 5.94. The SMILES string of the molecule is C=CCNC(=O)N1CCOC(CN(CCN2CCOCC2)C(=O)c2cccc(OC)c2)C1. The van der Waals surface area contributed by atoms with Crippen molar-refractivity contribution in [2.75, 3.05) is 79.3 Å². The molecule has 1 atom stereocenters. The van der Waals surface area contributed by atoms with Crippen LogP contribution in [0.25, 0.3) is 0 Å². The number of carbonyl (C=O) groups excluding carboxylic acids is 2. The van der Waals surface area contributed by atoms with E-state index in [0.29, 0.717) is 63.9 Å². The highest BCUT2D eigenvalue weighted by Crippen LogP contribution is 2.16. The van der Waals surface area contributed by atoms with Crippen molar-refractivity contribution in [3.05, 3.63) is 42.5 Å². The largest absolute Gasteiger partial charge is 0.497 e. The summed E-state index contributed by atoms with van der Waals surface area (Å²) in [6.45, 7) is 10.3. The van der Waals surface area contributed by atoms with Crippen LogP contribution in [-0.2, 0) is 9.47 Å². The van der Waals surface area contributed by atoms with Crippen LogP contribution in [0.4, 0.5) is 4.79 Å². The van der Waals surface area contributed by atoms with E-state index in [1.165, 1.54) is 0 Å². The third kappa shape index (κ3) is 6.94. The number of urea groups is 1. The molecule has 9 heteroatoms. The lowest BCUT2D eigenvalue weighted by atomic mass is 10.1. The Bertz CT molecular complexity index is 769. The zero-order valence-electron chi connectivity index (χ0n) is 18.8. The molecule has 32 heavy (non-hydrogen) atoms. The third-order valence-electron chi connectivity index (χ3n) is 5.64. The van der Waals surface area contributed by atoms with Gasteiger partial charge in [0.2, 0.25) is 0 Å². The second-order valence-electron chi connectivity index (χ2n) is 7.85. The van der Waals surface area contributed by atoms with E-state index in [1.807, 2.05) is 17.0 Å². The zero-order chi connectivity index (χ0) is 22.8. The molecule has 2 fully saturated rings. The lowest BCUT2D eigenvalue weighted by molar-refractivity contribution is -0.0295. The molecule has 0 aromatic heterocycles. The van der Waals surface area contributed by atoms with E-state index in [-0.39, 0.29) is 18.0 Å². The van der Waals surface area contributed by atoms with Crippen LogP contribution in [0, 0.1) is 0 Å². The number of hydrogen-bond acceptors (Lipinski definition) is 6. The number of ether oxygens (including phenoxy) is 3. The minimum absolute atomic E-state index is 0.0750. The Morgan fingerprint density at radius 1 is 1.28 bits per heavy atom. The standard InChI is InChI=1S/C23H34N4O5/c1-3-7-24-23(29)27-12-15-32-21(18-27)17-26(9-8-25-10-13-31-14-11-25)22(28)19-5-4-6-20(16-19)30-2/h3-6,16,21H,1,7-15,17-18H2,2H3,(H,24,29). The van der Waals surface area contributed by atoms with Gasteiger partial charge in [-0.2, -0.15) is 0 Å². The predicted molar refractivity (Wildman–Crippen MR) is 121 cm³/mol. The van der Waals surface area contributed by atoms with Gasteiger partial charge in [0, 0.05) is 51.4 Å². The van der Waals surface area contributed by atoms with Crippen LogP contribution in [-0.4, -0.2) is 112 Å². The zero-order valence-corrected chi connectivity index (χ0v) is 18.8. The first kappa shape index (κ1) is 24.0. The molecule has 0 saturated carbocycles. The van der Waals surface area contributed by atoms with Crippen LogP contribution in [0.1, 0.15) is 10.4 Å². The van der Waals surface area contributed by atoms with Gasteiger partial charge in [-0.25, -0.2) is 4.79 Å². The topological polar surface area (TPSA) is 83.6 Å². The molecule has 176 valence electrons. The highest BCUT2D eigenvalue weighted by atomic mass is 16.5. The van der Waals surface area contributed by atoms with Crippen molar-refractivity contribution in [1.29, 1.82) is 0 Å². The smallest absolute Gasteiger partial charge is 0.317 e. The summed E-state index contributed by atoms with van der Waals surface area (Å²) < 4.78 is 16.6. The Balaban J connectivity index is 1.67. The number of hydrogen-bond donors (Lipinski definition) is 1. The molecule has 1 aromatic carbocycles. The minimum Gasteiger partial charge on any atom is -0.497 e. The lowest BCUT2D eigenvalue weighted by Crippen LogP contribution is -2.53. The van der Waals surface area contributed by atoms with Crippen LogP contribution < -0.4 is 10.1 Å². The van der Waals surface area contributed by atoms with E-state index in [9.17, 15) is 9.59 Å². The monoisotopic (exact) mass is 446 g/mol. The van der Waals surface area contributed by atoms with Crippen LogP contribution in [0.5, 0.6) is 5.75 Å². The van der Waals surface area contributed by atoms with Gasteiger partial charge in [0.15, 0.2) is 0 Å². The molecular weight excluding hydrogens is 412 g/mol. The first-order valence-corrected chi connectivity index (χ1v) is 11.1. The normalized spacial score (nSPS) is 19.3.